The smallest absolute Gasteiger partial charge is 0.195 e. The number of rotatable bonds is 12. The highest BCUT2D eigenvalue weighted by molar-refractivity contribution is 5.93. The van der Waals surface area contributed by atoms with Gasteiger partial charge < -0.3 is 25.2 Å². The highest BCUT2D eigenvalue weighted by Crippen LogP contribution is 2.26. The molecule has 0 bridgehead atoms. The van der Waals surface area contributed by atoms with Crippen LogP contribution in [0.2, 0.25) is 0 Å². The summed E-state index contributed by atoms with van der Waals surface area (Å²) < 4.78 is 10.8. The van der Waals surface area contributed by atoms with Crippen LogP contribution in [0.15, 0.2) is 29.3 Å². The van der Waals surface area contributed by atoms with Crippen molar-refractivity contribution in [3.8, 4) is 5.75 Å². The standard InChI is InChI=1S/C20H35N3O3/c1-5-20(6-2,16-24)15-22-19(21-7-3)23-17-10-8-11-18(14-17)26-13-9-12-25-4/h8,10-11,14,24H,5-7,9,12-13,15-16H2,1-4H3,(H2,21,22,23). The van der Waals surface area contributed by atoms with Gasteiger partial charge >= 0.3 is 0 Å². The number of hydrogen-bond donors (Lipinski definition) is 3. The fourth-order valence-corrected chi connectivity index (χ4v) is 2.49. The Morgan fingerprint density at radius 1 is 1.19 bits per heavy atom. The number of nitrogens with one attached hydrogen (secondary N) is 2. The number of benzene rings is 1. The molecule has 0 atom stereocenters. The van der Waals surface area contributed by atoms with Crippen LogP contribution in [-0.4, -0.2) is 51.1 Å². The van der Waals surface area contributed by atoms with Gasteiger partial charge in [0.1, 0.15) is 5.75 Å². The maximum Gasteiger partial charge on any atom is 0.195 e. The minimum Gasteiger partial charge on any atom is -0.493 e. The van der Waals surface area contributed by atoms with Crippen LogP contribution in [0, 0.1) is 5.41 Å². The number of aliphatic hydroxyl groups is 1. The lowest BCUT2D eigenvalue weighted by atomic mass is 9.83. The predicted octanol–water partition coefficient (Wildman–Crippen LogP) is 3.28. The molecule has 0 aliphatic rings. The minimum atomic E-state index is -0.158. The number of hydrogen-bond acceptors (Lipinski definition) is 4. The Morgan fingerprint density at radius 2 is 1.96 bits per heavy atom. The van der Waals surface area contributed by atoms with Crippen molar-refractivity contribution >= 4 is 11.6 Å². The average molecular weight is 366 g/mol. The van der Waals surface area contributed by atoms with Crippen LogP contribution in [-0.2, 0) is 4.74 Å². The lowest BCUT2D eigenvalue weighted by Gasteiger charge is -2.27. The molecule has 0 saturated carbocycles. The Kier molecular flexibility index (Phi) is 10.7. The third kappa shape index (κ3) is 7.62. The third-order valence-electron chi connectivity index (χ3n) is 4.61. The molecule has 6 nitrogen and oxygen atoms in total. The molecule has 0 aliphatic carbocycles. The van der Waals surface area contributed by atoms with Crippen LogP contribution in [0.4, 0.5) is 5.69 Å². The van der Waals surface area contributed by atoms with Crippen LogP contribution < -0.4 is 15.4 Å². The van der Waals surface area contributed by atoms with E-state index in [4.69, 9.17) is 9.47 Å². The first-order chi connectivity index (χ1) is 12.6. The number of ether oxygens (including phenoxy) is 2. The Bertz CT molecular complexity index is 523. The quantitative estimate of drug-likeness (QED) is 0.301. The summed E-state index contributed by atoms with van der Waals surface area (Å²) >= 11 is 0. The van der Waals surface area contributed by atoms with Crippen molar-refractivity contribution in [3.05, 3.63) is 24.3 Å². The Balaban J connectivity index is 2.75. The summed E-state index contributed by atoms with van der Waals surface area (Å²) in [6, 6.07) is 7.83. The molecule has 1 rings (SSSR count). The van der Waals surface area contributed by atoms with E-state index in [1.165, 1.54) is 0 Å². The monoisotopic (exact) mass is 365 g/mol. The fourth-order valence-electron chi connectivity index (χ4n) is 2.49. The van der Waals surface area contributed by atoms with Crippen molar-refractivity contribution in [3.63, 3.8) is 0 Å². The molecule has 0 spiro atoms. The molecule has 3 N–H and O–H groups in total. The van der Waals surface area contributed by atoms with Gasteiger partial charge in [0.2, 0.25) is 0 Å². The molecule has 1 aromatic rings. The van der Waals surface area contributed by atoms with Crippen LogP contribution in [0.25, 0.3) is 0 Å². The maximum absolute atomic E-state index is 9.73. The van der Waals surface area contributed by atoms with E-state index in [2.05, 4.69) is 29.5 Å². The van der Waals surface area contributed by atoms with Gasteiger partial charge in [0.25, 0.3) is 0 Å². The van der Waals surface area contributed by atoms with Gasteiger partial charge in [-0.15, -0.1) is 0 Å². The van der Waals surface area contributed by atoms with E-state index in [-0.39, 0.29) is 12.0 Å². The van der Waals surface area contributed by atoms with E-state index >= 15 is 0 Å². The van der Waals surface area contributed by atoms with Crippen molar-refractivity contribution < 1.29 is 14.6 Å². The zero-order chi connectivity index (χ0) is 19.3. The minimum absolute atomic E-state index is 0.147. The largest absolute Gasteiger partial charge is 0.493 e. The first-order valence-corrected chi connectivity index (χ1v) is 9.51. The van der Waals surface area contributed by atoms with Crippen LogP contribution in [0.1, 0.15) is 40.0 Å². The second-order valence-corrected chi connectivity index (χ2v) is 6.41. The highest BCUT2D eigenvalue weighted by Gasteiger charge is 2.25. The number of methoxy groups -OCH3 is 1. The summed E-state index contributed by atoms with van der Waals surface area (Å²) in [5.74, 6) is 1.53. The summed E-state index contributed by atoms with van der Waals surface area (Å²) in [6.45, 7) is 9.04. The van der Waals surface area contributed by atoms with Gasteiger partial charge in [-0.3, -0.25) is 4.99 Å². The SMILES string of the molecule is CCNC(=NCC(CC)(CC)CO)Nc1cccc(OCCCOC)c1. The molecule has 0 saturated heterocycles. The van der Waals surface area contributed by atoms with E-state index in [0.717, 1.165) is 37.2 Å². The van der Waals surface area contributed by atoms with Crippen LogP contribution in [0.5, 0.6) is 5.75 Å². The normalized spacial score (nSPS) is 12.1. The first-order valence-electron chi connectivity index (χ1n) is 9.51. The van der Waals surface area contributed by atoms with Gasteiger partial charge in [-0.05, 0) is 31.9 Å². The molecule has 0 unspecified atom stereocenters. The summed E-state index contributed by atoms with van der Waals surface area (Å²) in [6.07, 6.45) is 2.65. The molecule has 0 aromatic heterocycles. The number of guanidine groups is 1. The zero-order valence-electron chi connectivity index (χ0n) is 16.7. The van der Waals surface area contributed by atoms with Gasteiger partial charge in [-0.25, -0.2) is 0 Å². The second-order valence-electron chi connectivity index (χ2n) is 6.41. The van der Waals surface area contributed by atoms with Gasteiger partial charge in [-0.1, -0.05) is 19.9 Å². The lowest BCUT2D eigenvalue weighted by molar-refractivity contribution is 0.123. The molecule has 0 fully saturated rings. The summed E-state index contributed by atoms with van der Waals surface area (Å²) in [5, 5.41) is 16.3. The van der Waals surface area contributed by atoms with E-state index < -0.39 is 0 Å². The first kappa shape index (κ1) is 22.3. The fraction of sp³-hybridized carbons (Fsp3) is 0.650. The number of nitrogens with zero attached hydrogens (tertiary/aromatic N) is 1. The highest BCUT2D eigenvalue weighted by atomic mass is 16.5. The molecule has 0 amide bonds. The molecule has 6 heteroatoms. The van der Waals surface area contributed by atoms with Crippen molar-refractivity contribution in [2.45, 2.75) is 40.0 Å². The molecule has 0 radical (unpaired) electrons. The Morgan fingerprint density at radius 3 is 2.58 bits per heavy atom. The summed E-state index contributed by atoms with van der Waals surface area (Å²) in [4.78, 5) is 4.69. The lowest BCUT2D eigenvalue weighted by Crippen LogP contribution is -2.34. The van der Waals surface area contributed by atoms with Crippen molar-refractivity contribution in [2.24, 2.45) is 10.4 Å². The topological polar surface area (TPSA) is 75.1 Å². The molecule has 0 aliphatic heterocycles. The van der Waals surface area contributed by atoms with Gasteiger partial charge in [0.05, 0.1) is 19.8 Å². The Hall–Kier alpha value is -1.79. The second kappa shape index (κ2) is 12.5. The van der Waals surface area contributed by atoms with Crippen molar-refractivity contribution in [1.82, 2.24) is 5.32 Å². The van der Waals surface area contributed by atoms with E-state index in [1.54, 1.807) is 7.11 Å². The third-order valence-corrected chi connectivity index (χ3v) is 4.61. The summed E-state index contributed by atoms with van der Waals surface area (Å²) in [7, 11) is 1.69. The van der Waals surface area contributed by atoms with Gasteiger partial charge in [0.15, 0.2) is 5.96 Å². The van der Waals surface area contributed by atoms with E-state index in [9.17, 15) is 5.11 Å². The number of aliphatic imine (C=N–C) groups is 1. The predicted molar refractivity (Wildman–Crippen MR) is 108 cm³/mol. The van der Waals surface area contributed by atoms with Gasteiger partial charge in [-0.2, -0.15) is 0 Å². The molecular weight excluding hydrogens is 330 g/mol. The molecule has 148 valence electrons. The molecule has 26 heavy (non-hydrogen) atoms. The maximum atomic E-state index is 9.73. The number of anilines is 1. The molecule has 1 aromatic carbocycles. The zero-order valence-corrected chi connectivity index (χ0v) is 16.7. The van der Waals surface area contributed by atoms with Crippen molar-refractivity contribution in [2.75, 3.05) is 45.3 Å². The van der Waals surface area contributed by atoms with E-state index in [1.807, 2.05) is 31.2 Å². The molecule has 0 heterocycles. The number of aliphatic hydroxyl groups excluding tert-OH is 1. The van der Waals surface area contributed by atoms with Gasteiger partial charge in [0, 0.05) is 43.9 Å². The van der Waals surface area contributed by atoms with Crippen LogP contribution >= 0.6 is 0 Å². The molecular formula is C20H35N3O3. The average Bonchev–Trinajstić information content (AvgIpc) is 2.67. The van der Waals surface area contributed by atoms with E-state index in [0.29, 0.717) is 25.7 Å². The van der Waals surface area contributed by atoms with Crippen molar-refractivity contribution in [1.29, 1.82) is 0 Å². The summed E-state index contributed by atoms with van der Waals surface area (Å²) in [5.41, 5.74) is 0.755. The van der Waals surface area contributed by atoms with Crippen LogP contribution in [0.3, 0.4) is 0 Å². The Labute approximate surface area is 158 Å².